The number of esters is 1. The summed E-state index contributed by atoms with van der Waals surface area (Å²) in [5.41, 5.74) is 1.53. The number of carbonyl (C=O) groups excluding carboxylic acids is 2. The van der Waals surface area contributed by atoms with E-state index in [-0.39, 0.29) is 16.3 Å². The Morgan fingerprint density at radius 1 is 1.21 bits per heavy atom. The fraction of sp³-hybridized carbons (Fsp3) is 0.0625. The average molecular weight is 364 g/mol. The lowest BCUT2D eigenvalue weighted by molar-refractivity contribution is 0.0596. The van der Waals surface area contributed by atoms with E-state index >= 15 is 0 Å². The van der Waals surface area contributed by atoms with Crippen LogP contribution in [0.25, 0.3) is 10.9 Å². The SMILES string of the molecule is COC(=O)c1n[nH]c2ccc(NC(=O)c3cccc(Cl)c3Cl)cc12. The predicted molar refractivity (Wildman–Crippen MR) is 91.8 cm³/mol. The van der Waals surface area contributed by atoms with Gasteiger partial charge in [0.05, 0.1) is 28.2 Å². The predicted octanol–water partition coefficient (Wildman–Crippen LogP) is 3.91. The Labute approximate surface area is 146 Å². The Morgan fingerprint density at radius 2 is 2.00 bits per heavy atom. The number of hydrogen-bond donors (Lipinski definition) is 2. The lowest BCUT2D eigenvalue weighted by atomic mass is 10.1. The number of rotatable bonds is 3. The van der Waals surface area contributed by atoms with Gasteiger partial charge in [0.1, 0.15) is 0 Å². The van der Waals surface area contributed by atoms with Crippen LogP contribution in [0.15, 0.2) is 36.4 Å². The second-order valence-corrected chi connectivity index (χ2v) is 5.66. The van der Waals surface area contributed by atoms with Gasteiger partial charge in [0.15, 0.2) is 5.69 Å². The van der Waals surface area contributed by atoms with Gasteiger partial charge in [0.25, 0.3) is 5.91 Å². The maximum atomic E-state index is 12.4. The minimum absolute atomic E-state index is 0.143. The number of H-pyrrole nitrogens is 1. The number of nitrogens with zero attached hydrogens (tertiary/aromatic N) is 1. The molecule has 0 atom stereocenters. The maximum absolute atomic E-state index is 12.4. The first kappa shape index (κ1) is 16.3. The van der Waals surface area contributed by atoms with Crippen LogP contribution >= 0.6 is 23.2 Å². The molecule has 0 radical (unpaired) electrons. The summed E-state index contributed by atoms with van der Waals surface area (Å²) in [5.74, 6) is -0.979. The Bertz CT molecular complexity index is 953. The molecule has 24 heavy (non-hydrogen) atoms. The van der Waals surface area contributed by atoms with Crippen LogP contribution in [0.4, 0.5) is 5.69 Å². The van der Waals surface area contributed by atoms with Crippen molar-refractivity contribution in [3.63, 3.8) is 0 Å². The van der Waals surface area contributed by atoms with Gasteiger partial charge in [-0.15, -0.1) is 0 Å². The quantitative estimate of drug-likeness (QED) is 0.691. The average Bonchev–Trinajstić information content (AvgIpc) is 2.99. The van der Waals surface area contributed by atoms with Gasteiger partial charge in [-0.25, -0.2) is 4.79 Å². The van der Waals surface area contributed by atoms with E-state index < -0.39 is 11.9 Å². The van der Waals surface area contributed by atoms with Crippen LogP contribution in [0, 0.1) is 0 Å². The number of hydrogen-bond acceptors (Lipinski definition) is 4. The van der Waals surface area contributed by atoms with Crippen molar-refractivity contribution < 1.29 is 14.3 Å². The van der Waals surface area contributed by atoms with Gasteiger partial charge in [-0.2, -0.15) is 5.10 Å². The molecule has 1 aromatic heterocycles. The van der Waals surface area contributed by atoms with E-state index in [1.54, 1.807) is 36.4 Å². The van der Waals surface area contributed by atoms with Crippen LogP contribution in [0.1, 0.15) is 20.8 Å². The molecular formula is C16H11Cl2N3O3. The highest BCUT2D eigenvalue weighted by Crippen LogP contribution is 2.27. The maximum Gasteiger partial charge on any atom is 0.359 e. The van der Waals surface area contributed by atoms with E-state index in [0.717, 1.165) is 0 Å². The normalized spacial score (nSPS) is 10.6. The Morgan fingerprint density at radius 3 is 2.75 bits per heavy atom. The highest BCUT2D eigenvalue weighted by molar-refractivity contribution is 6.44. The second kappa shape index (κ2) is 6.51. The van der Waals surface area contributed by atoms with E-state index in [4.69, 9.17) is 23.2 Å². The van der Waals surface area contributed by atoms with Crippen LogP contribution in [0.2, 0.25) is 10.0 Å². The number of benzene rings is 2. The number of aromatic nitrogens is 2. The fourth-order valence-electron chi connectivity index (χ4n) is 2.22. The number of methoxy groups -OCH3 is 1. The van der Waals surface area contributed by atoms with Crippen molar-refractivity contribution >= 4 is 51.7 Å². The molecule has 0 aliphatic rings. The molecule has 0 aliphatic carbocycles. The van der Waals surface area contributed by atoms with Crippen molar-refractivity contribution in [3.05, 3.63) is 57.7 Å². The third-order valence-electron chi connectivity index (χ3n) is 3.40. The fourth-order valence-corrected chi connectivity index (χ4v) is 2.61. The minimum Gasteiger partial charge on any atom is -0.464 e. The lowest BCUT2D eigenvalue weighted by Gasteiger charge is -2.08. The molecule has 0 saturated carbocycles. The summed E-state index contributed by atoms with van der Waals surface area (Å²) in [5, 5.41) is 10.4. The molecule has 0 saturated heterocycles. The molecule has 0 fully saturated rings. The van der Waals surface area contributed by atoms with E-state index in [9.17, 15) is 9.59 Å². The summed E-state index contributed by atoms with van der Waals surface area (Å²) >= 11 is 12.0. The van der Waals surface area contributed by atoms with E-state index in [1.165, 1.54) is 7.11 Å². The zero-order chi connectivity index (χ0) is 17.3. The Hall–Kier alpha value is -2.57. The standard InChI is InChI=1S/C16H11Cl2N3O3/c1-24-16(23)14-10-7-8(5-6-12(10)20-21-14)19-15(22)9-3-2-4-11(17)13(9)18/h2-7H,1H3,(H,19,22)(H,20,21). The second-order valence-electron chi connectivity index (χ2n) is 4.88. The first-order chi connectivity index (χ1) is 11.5. The molecule has 3 aromatic rings. The highest BCUT2D eigenvalue weighted by atomic mass is 35.5. The topological polar surface area (TPSA) is 84.1 Å². The van der Waals surface area contributed by atoms with Crippen molar-refractivity contribution in [1.82, 2.24) is 10.2 Å². The molecule has 0 spiro atoms. The number of fused-ring (bicyclic) bond motifs is 1. The van der Waals surface area contributed by atoms with Gasteiger partial charge < -0.3 is 10.1 Å². The molecule has 6 nitrogen and oxygen atoms in total. The number of anilines is 1. The third kappa shape index (κ3) is 2.93. The molecule has 0 aliphatic heterocycles. The van der Waals surface area contributed by atoms with Gasteiger partial charge in [0, 0.05) is 11.1 Å². The number of amides is 1. The van der Waals surface area contributed by atoms with Gasteiger partial charge >= 0.3 is 5.97 Å². The molecule has 2 aromatic carbocycles. The van der Waals surface area contributed by atoms with E-state index in [0.29, 0.717) is 21.6 Å². The molecule has 1 heterocycles. The van der Waals surface area contributed by atoms with Gasteiger partial charge in [-0.05, 0) is 30.3 Å². The summed E-state index contributed by atoms with van der Waals surface area (Å²) in [7, 11) is 1.27. The third-order valence-corrected chi connectivity index (χ3v) is 4.21. The van der Waals surface area contributed by atoms with Crippen molar-refractivity contribution in [1.29, 1.82) is 0 Å². The summed E-state index contributed by atoms with van der Waals surface area (Å²) in [6.07, 6.45) is 0. The molecular weight excluding hydrogens is 353 g/mol. The molecule has 0 unspecified atom stereocenters. The van der Waals surface area contributed by atoms with E-state index in [2.05, 4.69) is 20.3 Å². The molecule has 3 rings (SSSR count). The van der Waals surface area contributed by atoms with E-state index in [1.807, 2.05) is 0 Å². The number of ether oxygens (including phenoxy) is 1. The van der Waals surface area contributed by atoms with Crippen molar-refractivity contribution in [2.75, 3.05) is 12.4 Å². The summed E-state index contributed by atoms with van der Waals surface area (Å²) < 4.78 is 4.68. The molecule has 122 valence electrons. The largest absolute Gasteiger partial charge is 0.464 e. The van der Waals surface area contributed by atoms with Gasteiger partial charge in [-0.3, -0.25) is 9.89 Å². The Balaban J connectivity index is 1.94. The Kier molecular flexibility index (Phi) is 4.42. The van der Waals surface area contributed by atoms with Crippen molar-refractivity contribution in [3.8, 4) is 0 Å². The molecule has 2 N–H and O–H groups in total. The van der Waals surface area contributed by atoms with Gasteiger partial charge in [-0.1, -0.05) is 29.3 Å². The van der Waals surface area contributed by atoms with Gasteiger partial charge in [0.2, 0.25) is 0 Å². The number of aromatic amines is 1. The molecule has 1 amide bonds. The first-order valence-corrected chi connectivity index (χ1v) is 7.58. The van der Waals surface area contributed by atoms with Crippen LogP contribution in [-0.4, -0.2) is 29.2 Å². The van der Waals surface area contributed by atoms with Crippen LogP contribution in [-0.2, 0) is 4.74 Å². The van der Waals surface area contributed by atoms with Crippen LogP contribution in [0.3, 0.4) is 0 Å². The highest BCUT2D eigenvalue weighted by Gasteiger charge is 2.16. The number of carbonyl (C=O) groups is 2. The molecule has 8 heteroatoms. The smallest absolute Gasteiger partial charge is 0.359 e. The summed E-state index contributed by atoms with van der Waals surface area (Å²) in [6, 6.07) is 9.81. The van der Waals surface area contributed by atoms with Crippen molar-refractivity contribution in [2.45, 2.75) is 0 Å². The van der Waals surface area contributed by atoms with Crippen molar-refractivity contribution in [2.24, 2.45) is 0 Å². The monoisotopic (exact) mass is 363 g/mol. The summed E-state index contributed by atoms with van der Waals surface area (Å²) in [6.45, 7) is 0. The van der Waals surface area contributed by atoms with Crippen LogP contribution in [0.5, 0.6) is 0 Å². The zero-order valence-electron chi connectivity index (χ0n) is 12.4. The minimum atomic E-state index is -0.567. The number of nitrogens with one attached hydrogen (secondary N) is 2. The molecule has 0 bridgehead atoms. The summed E-state index contributed by atoms with van der Waals surface area (Å²) in [4.78, 5) is 24.1. The number of halogens is 2. The first-order valence-electron chi connectivity index (χ1n) is 6.83. The lowest BCUT2D eigenvalue weighted by Crippen LogP contribution is -2.12. The zero-order valence-corrected chi connectivity index (χ0v) is 13.9. The van der Waals surface area contributed by atoms with Crippen LogP contribution < -0.4 is 5.32 Å².